The third-order valence-electron chi connectivity index (χ3n) is 4.73. The monoisotopic (exact) mass is 340 g/mol. The van der Waals surface area contributed by atoms with Crippen LogP contribution in [-0.4, -0.2) is 35.9 Å². The molecular weight excluding hydrogens is 320 g/mol. The number of hydrogen-bond donors (Lipinski definition) is 1. The number of amides is 2. The van der Waals surface area contributed by atoms with Gasteiger partial charge in [-0.15, -0.1) is 0 Å². The van der Waals surface area contributed by atoms with Crippen LogP contribution < -0.4 is 10.1 Å². The molecule has 0 unspecified atom stereocenters. The molecular formula is C19H20N2O4. The molecule has 6 heteroatoms. The Morgan fingerprint density at radius 2 is 2.08 bits per heavy atom. The third kappa shape index (κ3) is 3.38. The molecule has 1 aromatic carbocycles. The van der Waals surface area contributed by atoms with Gasteiger partial charge in [0.2, 0.25) is 11.8 Å². The number of rotatable bonds is 5. The van der Waals surface area contributed by atoms with Gasteiger partial charge in [0.15, 0.2) is 0 Å². The highest BCUT2D eigenvalue weighted by atomic mass is 16.5. The zero-order valence-electron chi connectivity index (χ0n) is 13.8. The van der Waals surface area contributed by atoms with E-state index in [9.17, 15) is 9.59 Å². The van der Waals surface area contributed by atoms with Gasteiger partial charge in [-0.05, 0) is 23.8 Å². The standard InChI is InChI=1S/C19H20N2O4/c22-18-9-14(11-21(18)12-15-5-3-7-24-15)19(23)20-10-16-8-13-4-1-2-6-17(13)25-16/h1-7,14,16H,8-12H2,(H,20,23)/t14-,16+/m0/s1. The van der Waals surface area contributed by atoms with Crippen molar-refractivity contribution < 1.29 is 18.7 Å². The van der Waals surface area contributed by atoms with E-state index in [0.29, 0.717) is 19.6 Å². The van der Waals surface area contributed by atoms with Crippen molar-refractivity contribution in [1.29, 1.82) is 0 Å². The number of carbonyl (C=O) groups is 2. The fourth-order valence-corrected chi connectivity index (χ4v) is 3.42. The van der Waals surface area contributed by atoms with E-state index in [1.54, 1.807) is 17.2 Å². The number of likely N-dealkylation sites (tertiary alicyclic amines) is 1. The van der Waals surface area contributed by atoms with Gasteiger partial charge in [-0.2, -0.15) is 0 Å². The van der Waals surface area contributed by atoms with Crippen molar-refractivity contribution in [2.45, 2.75) is 25.5 Å². The minimum atomic E-state index is -0.314. The van der Waals surface area contributed by atoms with Crippen molar-refractivity contribution in [2.75, 3.05) is 13.1 Å². The molecule has 2 amide bonds. The van der Waals surface area contributed by atoms with Crippen LogP contribution >= 0.6 is 0 Å². The summed E-state index contributed by atoms with van der Waals surface area (Å²) in [5.74, 6) is 1.20. The van der Waals surface area contributed by atoms with Gasteiger partial charge in [-0.1, -0.05) is 18.2 Å². The molecule has 130 valence electrons. The molecule has 2 aliphatic rings. The number of benzene rings is 1. The summed E-state index contributed by atoms with van der Waals surface area (Å²) in [5, 5.41) is 2.94. The van der Waals surface area contributed by atoms with Gasteiger partial charge in [0.25, 0.3) is 0 Å². The fraction of sp³-hybridized carbons (Fsp3) is 0.368. The van der Waals surface area contributed by atoms with E-state index in [2.05, 4.69) is 5.32 Å². The Balaban J connectivity index is 1.27. The predicted molar refractivity (Wildman–Crippen MR) is 89.8 cm³/mol. The number of ether oxygens (including phenoxy) is 1. The van der Waals surface area contributed by atoms with Crippen molar-refractivity contribution in [2.24, 2.45) is 5.92 Å². The average Bonchev–Trinajstić information content (AvgIpc) is 3.33. The van der Waals surface area contributed by atoms with Crippen molar-refractivity contribution in [3.63, 3.8) is 0 Å². The van der Waals surface area contributed by atoms with E-state index in [1.165, 1.54) is 5.56 Å². The predicted octanol–water partition coefficient (Wildman–Crippen LogP) is 1.75. The molecule has 6 nitrogen and oxygen atoms in total. The summed E-state index contributed by atoms with van der Waals surface area (Å²) in [6, 6.07) is 11.5. The Kier molecular flexibility index (Phi) is 4.17. The summed E-state index contributed by atoms with van der Waals surface area (Å²) in [6.45, 7) is 1.30. The van der Waals surface area contributed by atoms with Crippen LogP contribution in [0.1, 0.15) is 17.7 Å². The van der Waals surface area contributed by atoms with Crippen molar-refractivity contribution >= 4 is 11.8 Å². The second-order valence-electron chi connectivity index (χ2n) is 6.55. The lowest BCUT2D eigenvalue weighted by Crippen LogP contribution is -2.38. The van der Waals surface area contributed by atoms with Crippen LogP contribution in [0.4, 0.5) is 0 Å². The third-order valence-corrected chi connectivity index (χ3v) is 4.73. The van der Waals surface area contributed by atoms with Crippen LogP contribution in [0, 0.1) is 5.92 Å². The maximum absolute atomic E-state index is 12.4. The zero-order valence-corrected chi connectivity index (χ0v) is 13.8. The minimum absolute atomic E-state index is 0.0129. The first-order valence-electron chi connectivity index (χ1n) is 8.51. The Morgan fingerprint density at radius 1 is 1.20 bits per heavy atom. The topological polar surface area (TPSA) is 71.8 Å². The van der Waals surface area contributed by atoms with Gasteiger partial charge in [0.1, 0.15) is 17.6 Å². The Labute approximate surface area is 145 Å². The first-order valence-corrected chi connectivity index (χ1v) is 8.51. The quantitative estimate of drug-likeness (QED) is 0.900. The van der Waals surface area contributed by atoms with Gasteiger partial charge in [0.05, 0.1) is 25.3 Å². The lowest BCUT2D eigenvalue weighted by molar-refractivity contribution is -0.129. The lowest BCUT2D eigenvalue weighted by atomic mass is 10.1. The summed E-state index contributed by atoms with van der Waals surface area (Å²) in [4.78, 5) is 26.2. The van der Waals surface area contributed by atoms with Crippen LogP contribution in [0.25, 0.3) is 0 Å². The van der Waals surface area contributed by atoms with Crippen LogP contribution in [0.5, 0.6) is 5.75 Å². The fourth-order valence-electron chi connectivity index (χ4n) is 3.42. The molecule has 1 aromatic heterocycles. The Morgan fingerprint density at radius 3 is 2.88 bits per heavy atom. The van der Waals surface area contributed by atoms with Gasteiger partial charge in [-0.3, -0.25) is 9.59 Å². The maximum atomic E-state index is 12.4. The van der Waals surface area contributed by atoms with Gasteiger partial charge in [-0.25, -0.2) is 0 Å². The molecule has 0 saturated carbocycles. The van der Waals surface area contributed by atoms with Crippen LogP contribution in [0.2, 0.25) is 0 Å². The summed E-state index contributed by atoms with van der Waals surface area (Å²) in [6.07, 6.45) is 2.58. The molecule has 0 radical (unpaired) electrons. The highest BCUT2D eigenvalue weighted by molar-refractivity contribution is 5.89. The lowest BCUT2D eigenvalue weighted by Gasteiger charge is -2.16. The second kappa shape index (κ2) is 6.63. The van der Waals surface area contributed by atoms with E-state index < -0.39 is 0 Å². The average molecular weight is 340 g/mol. The molecule has 0 aliphatic carbocycles. The van der Waals surface area contributed by atoms with E-state index in [-0.39, 0.29) is 30.3 Å². The van der Waals surface area contributed by atoms with E-state index in [4.69, 9.17) is 9.15 Å². The first-order chi connectivity index (χ1) is 12.2. The number of carbonyl (C=O) groups excluding carboxylic acids is 2. The summed E-state index contributed by atoms with van der Waals surface area (Å²) in [7, 11) is 0. The first kappa shape index (κ1) is 15.7. The Hall–Kier alpha value is -2.76. The van der Waals surface area contributed by atoms with Gasteiger partial charge in [0, 0.05) is 19.4 Å². The summed E-state index contributed by atoms with van der Waals surface area (Å²) in [5.41, 5.74) is 1.17. The van der Waals surface area contributed by atoms with Crippen LogP contribution in [-0.2, 0) is 22.6 Å². The van der Waals surface area contributed by atoms with E-state index >= 15 is 0 Å². The molecule has 2 aliphatic heterocycles. The highest BCUT2D eigenvalue weighted by Gasteiger charge is 2.35. The molecule has 1 N–H and O–H groups in total. The van der Waals surface area contributed by atoms with E-state index in [0.717, 1.165) is 17.9 Å². The smallest absolute Gasteiger partial charge is 0.225 e. The van der Waals surface area contributed by atoms with Gasteiger partial charge >= 0.3 is 0 Å². The molecule has 1 fully saturated rings. The number of fused-ring (bicyclic) bond motifs is 1. The number of nitrogens with zero attached hydrogens (tertiary/aromatic N) is 1. The Bertz CT molecular complexity index is 746. The molecule has 2 atom stereocenters. The van der Waals surface area contributed by atoms with Crippen molar-refractivity contribution in [1.82, 2.24) is 10.2 Å². The van der Waals surface area contributed by atoms with E-state index in [1.807, 2.05) is 30.3 Å². The number of furan rings is 1. The largest absolute Gasteiger partial charge is 0.488 e. The van der Waals surface area contributed by atoms with Crippen LogP contribution in [0.3, 0.4) is 0 Å². The van der Waals surface area contributed by atoms with Crippen molar-refractivity contribution in [3.8, 4) is 5.75 Å². The molecule has 1 saturated heterocycles. The summed E-state index contributed by atoms with van der Waals surface area (Å²) < 4.78 is 11.1. The number of para-hydroxylation sites is 1. The SMILES string of the molecule is O=C(NC[C@H]1Cc2ccccc2O1)[C@H]1CC(=O)N(Cc2ccco2)C1. The number of hydrogen-bond acceptors (Lipinski definition) is 4. The normalized spacial score (nSPS) is 21.9. The minimum Gasteiger partial charge on any atom is -0.488 e. The van der Waals surface area contributed by atoms with Crippen molar-refractivity contribution in [3.05, 3.63) is 54.0 Å². The van der Waals surface area contributed by atoms with Gasteiger partial charge < -0.3 is 19.4 Å². The molecule has 4 rings (SSSR count). The molecule has 3 heterocycles. The molecule has 25 heavy (non-hydrogen) atoms. The second-order valence-corrected chi connectivity index (χ2v) is 6.55. The molecule has 0 bridgehead atoms. The highest BCUT2D eigenvalue weighted by Crippen LogP contribution is 2.28. The number of nitrogens with one attached hydrogen (secondary N) is 1. The van der Waals surface area contributed by atoms with Crippen LogP contribution in [0.15, 0.2) is 47.1 Å². The zero-order chi connectivity index (χ0) is 17.2. The summed E-state index contributed by atoms with van der Waals surface area (Å²) >= 11 is 0. The molecule has 2 aromatic rings. The molecule has 0 spiro atoms. The maximum Gasteiger partial charge on any atom is 0.225 e.